The Hall–Kier alpha value is -1.82. The summed E-state index contributed by atoms with van der Waals surface area (Å²) in [5.74, 6) is -1.76. The third-order valence-electron chi connectivity index (χ3n) is 2.60. The van der Waals surface area contributed by atoms with E-state index in [0.717, 1.165) is 0 Å². The predicted molar refractivity (Wildman–Crippen MR) is 52.0 cm³/mol. The van der Waals surface area contributed by atoms with Crippen molar-refractivity contribution in [2.45, 2.75) is 11.8 Å². The zero-order valence-electron chi connectivity index (χ0n) is 8.32. The van der Waals surface area contributed by atoms with Gasteiger partial charge in [0.25, 0.3) is 0 Å². The molecule has 1 aliphatic rings. The van der Waals surface area contributed by atoms with Crippen LogP contribution < -0.4 is 0 Å². The number of hydrogen-bond acceptors (Lipinski definition) is 2. The van der Waals surface area contributed by atoms with Gasteiger partial charge in [0.2, 0.25) is 5.60 Å². The molecule has 1 aromatic rings. The van der Waals surface area contributed by atoms with E-state index >= 15 is 0 Å². The standard InChI is InChI=1S/C11H7F3O3/c12-11(13,14)10(17)7(8(10)9(15)16)6-4-2-1-3-5-6/h1-5,17H,(H,15,16). The van der Waals surface area contributed by atoms with Crippen molar-refractivity contribution in [1.29, 1.82) is 0 Å². The SMILES string of the molecule is O=C(O)C1=C(c2ccccc2)C1(O)C(F)(F)F. The second-order valence-corrected chi connectivity index (χ2v) is 3.63. The van der Waals surface area contributed by atoms with Crippen molar-refractivity contribution in [3.63, 3.8) is 0 Å². The van der Waals surface area contributed by atoms with Crippen LogP contribution in [0, 0.1) is 0 Å². The van der Waals surface area contributed by atoms with Gasteiger partial charge in [-0.3, -0.25) is 0 Å². The maximum absolute atomic E-state index is 12.6. The number of hydrogen-bond donors (Lipinski definition) is 2. The summed E-state index contributed by atoms with van der Waals surface area (Å²) in [4.78, 5) is 10.7. The van der Waals surface area contributed by atoms with Crippen molar-refractivity contribution in [2.24, 2.45) is 0 Å². The molecule has 1 aromatic carbocycles. The normalized spacial score (nSPS) is 23.8. The number of halogens is 3. The molecule has 0 heterocycles. The molecule has 0 saturated carbocycles. The Morgan fingerprint density at radius 3 is 2.06 bits per heavy atom. The van der Waals surface area contributed by atoms with Crippen LogP contribution in [0.3, 0.4) is 0 Å². The average molecular weight is 244 g/mol. The molecule has 2 rings (SSSR count). The minimum atomic E-state index is -5.02. The van der Waals surface area contributed by atoms with E-state index in [0.29, 0.717) is 0 Å². The number of aliphatic carboxylic acids is 1. The average Bonchev–Trinajstić information content (AvgIpc) is 2.87. The molecule has 1 atom stereocenters. The lowest BCUT2D eigenvalue weighted by Gasteiger charge is -2.16. The van der Waals surface area contributed by atoms with E-state index in [9.17, 15) is 23.1 Å². The van der Waals surface area contributed by atoms with Gasteiger partial charge in [-0.25, -0.2) is 4.79 Å². The lowest BCUT2D eigenvalue weighted by atomic mass is 10.1. The van der Waals surface area contributed by atoms with Crippen LogP contribution in [0.5, 0.6) is 0 Å². The molecule has 3 nitrogen and oxygen atoms in total. The number of benzene rings is 1. The first-order valence-electron chi connectivity index (χ1n) is 4.63. The van der Waals surface area contributed by atoms with Crippen LogP contribution in [0.25, 0.3) is 5.57 Å². The maximum Gasteiger partial charge on any atom is 0.426 e. The Morgan fingerprint density at radius 1 is 1.18 bits per heavy atom. The second kappa shape index (κ2) is 3.33. The van der Waals surface area contributed by atoms with Gasteiger partial charge < -0.3 is 10.2 Å². The van der Waals surface area contributed by atoms with E-state index in [1.165, 1.54) is 24.3 Å². The fourth-order valence-electron chi connectivity index (χ4n) is 1.77. The van der Waals surface area contributed by atoms with E-state index < -0.39 is 28.9 Å². The van der Waals surface area contributed by atoms with Crippen LogP contribution in [-0.4, -0.2) is 28.0 Å². The zero-order valence-corrected chi connectivity index (χ0v) is 8.32. The number of carbonyl (C=O) groups is 1. The Balaban J connectivity index is 2.49. The minimum Gasteiger partial charge on any atom is -0.478 e. The molecule has 0 radical (unpaired) electrons. The lowest BCUT2D eigenvalue weighted by molar-refractivity contribution is -0.208. The lowest BCUT2D eigenvalue weighted by Crippen LogP contribution is -2.37. The Morgan fingerprint density at radius 2 is 1.71 bits per heavy atom. The number of alkyl halides is 3. The molecular weight excluding hydrogens is 237 g/mol. The van der Waals surface area contributed by atoms with Gasteiger partial charge in [0.1, 0.15) is 0 Å². The number of rotatable bonds is 2. The highest BCUT2D eigenvalue weighted by Gasteiger charge is 2.72. The summed E-state index contributed by atoms with van der Waals surface area (Å²) >= 11 is 0. The number of carboxylic acid groups (broad SMARTS) is 1. The molecule has 0 saturated heterocycles. The van der Waals surface area contributed by atoms with Crippen molar-refractivity contribution in [3.8, 4) is 0 Å². The smallest absolute Gasteiger partial charge is 0.426 e. The Bertz CT molecular complexity index is 504. The highest BCUT2D eigenvalue weighted by atomic mass is 19.4. The summed E-state index contributed by atoms with van der Waals surface area (Å²) in [6, 6.07) is 7.16. The molecule has 17 heavy (non-hydrogen) atoms. The van der Waals surface area contributed by atoms with Crippen LogP contribution in [0.2, 0.25) is 0 Å². The molecule has 0 aliphatic heterocycles. The molecule has 1 unspecified atom stereocenters. The third-order valence-corrected chi connectivity index (χ3v) is 2.60. The molecule has 0 fully saturated rings. The van der Waals surface area contributed by atoms with E-state index in [1.54, 1.807) is 6.07 Å². The van der Waals surface area contributed by atoms with E-state index in [4.69, 9.17) is 5.11 Å². The van der Waals surface area contributed by atoms with Crippen molar-refractivity contribution in [3.05, 3.63) is 41.5 Å². The van der Waals surface area contributed by atoms with Crippen LogP contribution >= 0.6 is 0 Å². The zero-order chi connectivity index (χ0) is 12.8. The topological polar surface area (TPSA) is 57.5 Å². The number of carboxylic acids is 1. The quantitative estimate of drug-likeness (QED) is 0.834. The van der Waals surface area contributed by atoms with E-state index in [1.807, 2.05) is 0 Å². The van der Waals surface area contributed by atoms with Gasteiger partial charge in [-0.15, -0.1) is 0 Å². The molecule has 6 heteroatoms. The molecule has 0 spiro atoms. The summed E-state index contributed by atoms with van der Waals surface area (Å²) in [6.07, 6.45) is -5.02. The molecule has 1 aliphatic carbocycles. The first-order valence-corrected chi connectivity index (χ1v) is 4.63. The molecule has 0 aromatic heterocycles. The molecular formula is C11H7F3O3. The number of aliphatic hydroxyl groups is 1. The van der Waals surface area contributed by atoms with Crippen molar-refractivity contribution < 1.29 is 28.2 Å². The van der Waals surface area contributed by atoms with Crippen molar-refractivity contribution in [2.75, 3.05) is 0 Å². The predicted octanol–water partition coefficient (Wildman–Crippen LogP) is 1.83. The summed E-state index contributed by atoms with van der Waals surface area (Å²) in [7, 11) is 0. The summed E-state index contributed by atoms with van der Waals surface area (Å²) in [6.45, 7) is 0. The largest absolute Gasteiger partial charge is 0.478 e. The van der Waals surface area contributed by atoms with Gasteiger partial charge in [0.05, 0.1) is 5.57 Å². The van der Waals surface area contributed by atoms with E-state index in [2.05, 4.69) is 0 Å². The third kappa shape index (κ3) is 1.52. The van der Waals surface area contributed by atoms with Gasteiger partial charge in [-0.1, -0.05) is 30.3 Å². The van der Waals surface area contributed by atoms with Crippen LogP contribution in [0.15, 0.2) is 35.9 Å². The molecule has 0 bridgehead atoms. The highest BCUT2D eigenvalue weighted by molar-refractivity contribution is 6.14. The van der Waals surface area contributed by atoms with Crippen molar-refractivity contribution >= 4 is 11.5 Å². The minimum absolute atomic E-state index is 0.0599. The van der Waals surface area contributed by atoms with Crippen LogP contribution in [-0.2, 0) is 4.79 Å². The first kappa shape index (κ1) is 11.7. The van der Waals surface area contributed by atoms with Crippen LogP contribution in [0.4, 0.5) is 13.2 Å². The summed E-state index contributed by atoms with van der Waals surface area (Å²) in [5, 5.41) is 18.1. The summed E-state index contributed by atoms with van der Waals surface area (Å²) < 4.78 is 37.8. The fourth-order valence-corrected chi connectivity index (χ4v) is 1.77. The van der Waals surface area contributed by atoms with Gasteiger partial charge in [-0.05, 0) is 5.56 Å². The molecule has 2 N–H and O–H groups in total. The van der Waals surface area contributed by atoms with Gasteiger partial charge in [-0.2, -0.15) is 13.2 Å². The van der Waals surface area contributed by atoms with Gasteiger partial charge in [0.15, 0.2) is 0 Å². The van der Waals surface area contributed by atoms with Crippen LogP contribution in [0.1, 0.15) is 5.56 Å². The van der Waals surface area contributed by atoms with Crippen molar-refractivity contribution in [1.82, 2.24) is 0 Å². The van der Waals surface area contributed by atoms with Gasteiger partial charge in [0, 0.05) is 5.57 Å². The second-order valence-electron chi connectivity index (χ2n) is 3.63. The monoisotopic (exact) mass is 244 g/mol. The van der Waals surface area contributed by atoms with Gasteiger partial charge >= 0.3 is 12.1 Å². The highest BCUT2D eigenvalue weighted by Crippen LogP contribution is 2.59. The fraction of sp³-hybridized carbons (Fsp3) is 0.182. The molecule has 0 amide bonds. The first-order chi connectivity index (χ1) is 7.80. The maximum atomic E-state index is 12.6. The Kier molecular flexibility index (Phi) is 2.29. The molecule has 90 valence electrons. The Labute approximate surface area is 93.8 Å². The summed E-state index contributed by atoms with van der Waals surface area (Å²) in [5.41, 5.74) is -4.85. The van der Waals surface area contributed by atoms with E-state index in [-0.39, 0.29) is 5.56 Å².